The molecule has 1 heterocycles. The highest BCUT2D eigenvalue weighted by atomic mass is 79.9. The number of carbonyl (C=O) groups excluding carboxylic acids is 1. The molecule has 0 aliphatic heterocycles. The fourth-order valence-corrected chi connectivity index (χ4v) is 2.31. The maximum atomic E-state index is 12.2. The number of halogens is 2. The summed E-state index contributed by atoms with van der Waals surface area (Å²) in [6.07, 6.45) is 1.62. The van der Waals surface area contributed by atoms with Crippen molar-refractivity contribution in [3.8, 4) is 0 Å². The minimum Gasteiger partial charge on any atom is -0.321 e. The molecule has 19 heavy (non-hydrogen) atoms. The van der Waals surface area contributed by atoms with Crippen LogP contribution in [0.15, 0.2) is 39.5 Å². The number of nitrogens with zero attached hydrogens (tertiary/aromatic N) is 1. The lowest BCUT2D eigenvalue weighted by Crippen LogP contribution is -2.13. The van der Waals surface area contributed by atoms with Crippen LogP contribution in [0.2, 0.25) is 0 Å². The maximum Gasteiger partial charge on any atom is 0.256 e. The summed E-state index contributed by atoms with van der Waals surface area (Å²) in [4.78, 5) is 16.4. The third-order valence-corrected chi connectivity index (χ3v) is 4.59. The molecule has 2 aromatic rings. The lowest BCUT2D eigenvalue weighted by Gasteiger charge is -2.09. The first-order valence-corrected chi connectivity index (χ1v) is 7.26. The van der Waals surface area contributed by atoms with Crippen LogP contribution in [0.4, 0.5) is 5.69 Å². The van der Waals surface area contributed by atoms with E-state index in [1.807, 2.05) is 32.0 Å². The molecule has 0 saturated heterocycles. The zero-order chi connectivity index (χ0) is 14.0. The van der Waals surface area contributed by atoms with Gasteiger partial charge in [-0.25, -0.2) is 4.98 Å². The zero-order valence-corrected chi connectivity index (χ0v) is 13.7. The van der Waals surface area contributed by atoms with Gasteiger partial charge in [0.2, 0.25) is 0 Å². The molecule has 0 unspecified atom stereocenters. The van der Waals surface area contributed by atoms with Crippen LogP contribution < -0.4 is 5.32 Å². The van der Waals surface area contributed by atoms with E-state index in [0.29, 0.717) is 11.3 Å². The van der Waals surface area contributed by atoms with Crippen LogP contribution in [0.5, 0.6) is 0 Å². The predicted octanol–water partition coefficient (Wildman–Crippen LogP) is 4.48. The zero-order valence-electron chi connectivity index (χ0n) is 10.5. The van der Waals surface area contributed by atoms with Crippen LogP contribution in [-0.4, -0.2) is 10.9 Å². The first kappa shape index (κ1) is 14.2. The van der Waals surface area contributed by atoms with Gasteiger partial charge in [-0.3, -0.25) is 4.79 Å². The SMILES string of the molecule is Cc1cc(NC(=O)c2cccc(C)c2Br)cnc1Br. The maximum absolute atomic E-state index is 12.2. The van der Waals surface area contributed by atoms with Gasteiger partial charge in [-0.1, -0.05) is 12.1 Å². The molecule has 1 aromatic carbocycles. The van der Waals surface area contributed by atoms with Gasteiger partial charge >= 0.3 is 0 Å². The van der Waals surface area contributed by atoms with E-state index >= 15 is 0 Å². The van der Waals surface area contributed by atoms with Crippen LogP contribution in [0.25, 0.3) is 0 Å². The topological polar surface area (TPSA) is 42.0 Å². The number of nitrogens with one attached hydrogen (secondary N) is 1. The van der Waals surface area contributed by atoms with Crippen molar-refractivity contribution in [3.63, 3.8) is 0 Å². The van der Waals surface area contributed by atoms with Crippen molar-refractivity contribution in [2.45, 2.75) is 13.8 Å². The van der Waals surface area contributed by atoms with Crippen molar-refractivity contribution in [1.29, 1.82) is 0 Å². The molecule has 0 radical (unpaired) electrons. The van der Waals surface area contributed by atoms with Crippen molar-refractivity contribution < 1.29 is 4.79 Å². The summed E-state index contributed by atoms with van der Waals surface area (Å²) in [6.45, 7) is 3.88. The van der Waals surface area contributed by atoms with Gasteiger partial charge in [0.25, 0.3) is 5.91 Å². The van der Waals surface area contributed by atoms with Gasteiger partial charge in [-0.15, -0.1) is 0 Å². The number of carbonyl (C=O) groups is 1. The van der Waals surface area contributed by atoms with Crippen molar-refractivity contribution in [2.24, 2.45) is 0 Å². The fraction of sp³-hybridized carbons (Fsp3) is 0.143. The molecule has 0 spiro atoms. The second-order valence-electron chi connectivity index (χ2n) is 4.22. The highest BCUT2D eigenvalue weighted by Crippen LogP contribution is 2.23. The Morgan fingerprint density at radius 2 is 1.95 bits per heavy atom. The molecule has 0 bridgehead atoms. The fourth-order valence-electron chi connectivity index (χ4n) is 1.65. The molecular weight excluding hydrogens is 372 g/mol. The summed E-state index contributed by atoms with van der Waals surface area (Å²) >= 11 is 6.77. The van der Waals surface area contributed by atoms with E-state index in [-0.39, 0.29) is 5.91 Å². The minimum absolute atomic E-state index is 0.154. The van der Waals surface area contributed by atoms with E-state index < -0.39 is 0 Å². The van der Waals surface area contributed by atoms with Gasteiger partial charge in [0.15, 0.2) is 0 Å². The second-order valence-corrected chi connectivity index (χ2v) is 5.77. The van der Waals surface area contributed by atoms with E-state index in [4.69, 9.17) is 0 Å². The molecule has 3 nitrogen and oxygen atoms in total. The Labute approximate surface area is 128 Å². The summed E-state index contributed by atoms with van der Waals surface area (Å²) in [6, 6.07) is 7.47. The Hall–Kier alpha value is -1.20. The average Bonchev–Trinajstić information content (AvgIpc) is 2.37. The Balaban J connectivity index is 2.26. The average molecular weight is 384 g/mol. The summed E-state index contributed by atoms with van der Waals surface area (Å²) in [7, 11) is 0. The second kappa shape index (κ2) is 5.84. The third-order valence-electron chi connectivity index (χ3n) is 2.71. The number of amides is 1. The largest absolute Gasteiger partial charge is 0.321 e. The highest BCUT2D eigenvalue weighted by molar-refractivity contribution is 9.10. The van der Waals surface area contributed by atoms with Gasteiger partial charge in [-0.2, -0.15) is 0 Å². The van der Waals surface area contributed by atoms with Crippen molar-refractivity contribution in [1.82, 2.24) is 4.98 Å². The first-order valence-electron chi connectivity index (χ1n) is 5.67. The number of rotatable bonds is 2. The molecule has 2 rings (SSSR count). The summed E-state index contributed by atoms with van der Waals surface area (Å²) < 4.78 is 1.59. The molecular formula is C14H12Br2N2O. The number of anilines is 1. The summed E-state index contributed by atoms with van der Waals surface area (Å²) in [5, 5.41) is 2.84. The van der Waals surface area contributed by atoms with Crippen molar-refractivity contribution in [2.75, 3.05) is 5.32 Å². The smallest absolute Gasteiger partial charge is 0.256 e. The van der Waals surface area contributed by atoms with Crippen molar-refractivity contribution in [3.05, 3.63) is 56.2 Å². The molecule has 0 aliphatic carbocycles. The van der Waals surface area contributed by atoms with Crippen LogP contribution in [0, 0.1) is 13.8 Å². The van der Waals surface area contributed by atoms with Gasteiger partial charge in [0.1, 0.15) is 4.60 Å². The van der Waals surface area contributed by atoms with Crippen molar-refractivity contribution >= 4 is 43.5 Å². The quantitative estimate of drug-likeness (QED) is 0.777. The van der Waals surface area contributed by atoms with Gasteiger partial charge in [-0.05, 0) is 69.0 Å². The lowest BCUT2D eigenvalue weighted by molar-refractivity contribution is 0.102. The third kappa shape index (κ3) is 3.22. The Morgan fingerprint density at radius 3 is 2.63 bits per heavy atom. The lowest BCUT2D eigenvalue weighted by atomic mass is 10.1. The van der Waals surface area contributed by atoms with E-state index in [1.165, 1.54) is 0 Å². The van der Waals surface area contributed by atoms with Gasteiger partial charge in [0, 0.05) is 4.47 Å². The molecule has 0 atom stereocenters. The number of benzene rings is 1. The molecule has 0 fully saturated rings. The Kier molecular flexibility index (Phi) is 4.37. The number of hydrogen-bond acceptors (Lipinski definition) is 2. The number of hydrogen-bond donors (Lipinski definition) is 1. The van der Waals surface area contributed by atoms with E-state index in [0.717, 1.165) is 20.2 Å². The Bertz CT molecular complexity index is 641. The molecule has 1 amide bonds. The number of aromatic nitrogens is 1. The number of aryl methyl sites for hydroxylation is 2. The van der Waals surface area contributed by atoms with Gasteiger partial charge in [0.05, 0.1) is 17.4 Å². The highest BCUT2D eigenvalue weighted by Gasteiger charge is 2.12. The van der Waals surface area contributed by atoms with Crippen LogP contribution in [-0.2, 0) is 0 Å². The predicted molar refractivity (Wildman–Crippen MR) is 83.5 cm³/mol. The number of pyridine rings is 1. The normalized spacial score (nSPS) is 10.3. The van der Waals surface area contributed by atoms with Crippen LogP contribution in [0.1, 0.15) is 21.5 Å². The molecule has 5 heteroatoms. The van der Waals surface area contributed by atoms with Crippen LogP contribution in [0.3, 0.4) is 0 Å². The molecule has 1 N–H and O–H groups in total. The molecule has 0 aliphatic rings. The standard InChI is InChI=1S/C14H12Br2N2O/c1-8-4-3-5-11(12(8)15)14(19)18-10-6-9(2)13(16)17-7-10/h3-7H,1-2H3,(H,18,19). The summed E-state index contributed by atoms with van der Waals surface area (Å²) in [5.41, 5.74) is 3.29. The first-order chi connectivity index (χ1) is 8.99. The molecule has 0 saturated carbocycles. The minimum atomic E-state index is -0.154. The van der Waals surface area contributed by atoms with Crippen LogP contribution >= 0.6 is 31.9 Å². The van der Waals surface area contributed by atoms with E-state index in [1.54, 1.807) is 12.3 Å². The molecule has 1 aromatic heterocycles. The van der Waals surface area contributed by atoms with Gasteiger partial charge < -0.3 is 5.32 Å². The monoisotopic (exact) mass is 382 g/mol. The van der Waals surface area contributed by atoms with E-state index in [9.17, 15) is 4.79 Å². The Morgan fingerprint density at radius 1 is 1.21 bits per heavy atom. The molecule has 98 valence electrons. The summed E-state index contributed by atoms with van der Waals surface area (Å²) in [5.74, 6) is -0.154. The van der Waals surface area contributed by atoms with E-state index in [2.05, 4.69) is 42.2 Å².